The van der Waals surface area contributed by atoms with Gasteiger partial charge in [0.25, 0.3) is 5.91 Å². The molecule has 6 heteroatoms. The molecule has 1 aliphatic rings. The van der Waals surface area contributed by atoms with Crippen LogP contribution in [0.3, 0.4) is 0 Å². The predicted molar refractivity (Wildman–Crippen MR) is 80.7 cm³/mol. The molecule has 1 aromatic rings. The third-order valence-corrected chi connectivity index (χ3v) is 3.85. The predicted octanol–water partition coefficient (Wildman–Crippen LogP) is 1.94. The van der Waals surface area contributed by atoms with Crippen LogP contribution in [-0.4, -0.2) is 52.3 Å². The van der Waals surface area contributed by atoms with Crippen molar-refractivity contribution in [3.05, 3.63) is 29.8 Å². The molecule has 2 heterocycles. The zero-order chi connectivity index (χ0) is 16.5. The summed E-state index contributed by atoms with van der Waals surface area (Å²) in [7, 11) is 1.66. The Kier molecular flexibility index (Phi) is 4.49. The number of likely N-dealkylation sites (tertiary alicyclic amines) is 1. The van der Waals surface area contributed by atoms with E-state index in [1.807, 2.05) is 25.7 Å². The highest BCUT2D eigenvalue weighted by Crippen LogP contribution is 2.26. The first kappa shape index (κ1) is 16.4. The molecule has 2 amide bonds. The van der Waals surface area contributed by atoms with Gasteiger partial charge in [-0.1, -0.05) is 0 Å². The van der Waals surface area contributed by atoms with Crippen molar-refractivity contribution < 1.29 is 14.0 Å². The maximum absolute atomic E-state index is 13.1. The number of pyridine rings is 1. The van der Waals surface area contributed by atoms with Crippen LogP contribution in [0.5, 0.6) is 0 Å². The molecule has 0 radical (unpaired) electrons. The normalized spacial score (nSPS) is 18.7. The summed E-state index contributed by atoms with van der Waals surface area (Å²) in [4.78, 5) is 31.4. The maximum Gasteiger partial charge on any atom is 0.255 e. The first-order valence-corrected chi connectivity index (χ1v) is 7.35. The Balaban J connectivity index is 2.00. The minimum atomic E-state index is -0.533. The lowest BCUT2D eigenvalue weighted by Crippen LogP contribution is -2.43. The molecule has 0 saturated carbocycles. The molecule has 1 fully saturated rings. The summed E-state index contributed by atoms with van der Waals surface area (Å²) in [5.41, 5.74) is 0.0143. The highest BCUT2D eigenvalue weighted by molar-refractivity contribution is 5.93. The molecule has 0 spiro atoms. The van der Waals surface area contributed by atoms with E-state index < -0.39 is 5.82 Å². The second kappa shape index (κ2) is 6.02. The largest absolute Gasteiger partial charge is 0.341 e. The van der Waals surface area contributed by atoms with Crippen molar-refractivity contribution in [1.82, 2.24) is 14.8 Å². The topological polar surface area (TPSA) is 53.5 Å². The molecule has 1 saturated heterocycles. The fourth-order valence-electron chi connectivity index (χ4n) is 2.77. The molecule has 5 nitrogen and oxygen atoms in total. The van der Waals surface area contributed by atoms with E-state index in [9.17, 15) is 14.0 Å². The summed E-state index contributed by atoms with van der Waals surface area (Å²) in [6.07, 6.45) is 2.85. The molecule has 1 atom stereocenters. The van der Waals surface area contributed by atoms with Crippen LogP contribution in [0.1, 0.15) is 37.6 Å². The van der Waals surface area contributed by atoms with E-state index >= 15 is 0 Å². The Morgan fingerprint density at radius 3 is 2.68 bits per heavy atom. The molecule has 0 aromatic carbocycles. The van der Waals surface area contributed by atoms with Crippen molar-refractivity contribution in [1.29, 1.82) is 0 Å². The van der Waals surface area contributed by atoms with E-state index in [1.165, 1.54) is 17.2 Å². The van der Waals surface area contributed by atoms with E-state index in [-0.39, 0.29) is 28.8 Å². The van der Waals surface area contributed by atoms with Gasteiger partial charge in [-0.15, -0.1) is 0 Å². The lowest BCUT2D eigenvalue weighted by atomic mass is 10.1. The van der Waals surface area contributed by atoms with Gasteiger partial charge in [0, 0.05) is 44.2 Å². The van der Waals surface area contributed by atoms with Gasteiger partial charge in [0.05, 0.1) is 11.8 Å². The van der Waals surface area contributed by atoms with Crippen molar-refractivity contribution in [2.75, 3.05) is 20.1 Å². The summed E-state index contributed by atoms with van der Waals surface area (Å²) in [5.74, 6) is -0.601. The fraction of sp³-hybridized carbons (Fsp3) is 0.562. The van der Waals surface area contributed by atoms with Gasteiger partial charge < -0.3 is 9.80 Å². The first-order chi connectivity index (χ1) is 10.2. The highest BCUT2D eigenvalue weighted by atomic mass is 19.1. The van der Waals surface area contributed by atoms with Gasteiger partial charge in [-0.2, -0.15) is 0 Å². The minimum absolute atomic E-state index is 0.0993. The third kappa shape index (κ3) is 3.61. The number of carbonyl (C=O) groups excluding carboxylic acids is 2. The third-order valence-electron chi connectivity index (χ3n) is 3.85. The molecule has 0 N–H and O–H groups in total. The van der Waals surface area contributed by atoms with Gasteiger partial charge in [-0.25, -0.2) is 4.39 Å². The Labute approximate surface area is 130 Å². The lowest BCUT2D eigenvalue weighted by molar-refractivity contribution is -0.131. The van der Waals surface area contributed by atoms with Crippen LogP contribution in [0.4, 0.5) is 4.39 Å². The Hall–Kier alpha value is -1.98. The number of rotatable bonds is 3. The second-order valence-corrected chi connectivity index (χ2v) is 6.82. The number of nitrogens with zero attached hydrogens (tertiary/aromatic N) is 3. The van der Waals surface area contributed by atoms with Crippen LogP contribution < -0.4 is 0 Å². The van der Waals surface area contributed by atoms with E-state index in [0.717, 1.165) is 6.20 Å². The molecule has 120 valence electrons. The SMILES string of the molecule is CN(CC1CC(=O)N(C(C)(C)C)C1)C(=O)c1cncc(F)c1. The van der Waals surface area contributed by atoms with Crippen molar-refractivity contribution in [3.8, 4) is 0 Å². The molecule has 0 bridgehead atoms. The monoisotopic (exact) mass is 307 g/mol. The van der Waals surface area contributed by atoms with Gasteiger partial charge in [-0.05, 0) is 26.8 Å². The van der Waals surface area contributed by atoms with Gasteiger partial charge in [0.2, 0.25) is 5.91 Å². The first-order valence-electron chi connectivity index (χ1n) is 7.35. The molecule has 1 aromatic heterocycles. The smallest absolute Gasteiger partial charge is 0.255 e. The summed E-state index contributed by atoms with van der Waals surface area (Å²) < 4.78 is 13.1. The molecule has 1 aliphatic heterocycles. The van der Waals surface area contributed by atoms with E-state index in [2.05, 4.69) is 4.98 Å². The summed E-state index contributed by atoms with van der Waals surface area (Å²) in [6.45, 7) is 7.11. The molecular formula is C16H22FN3O2. The Morgan fingerprint density at radius 2 is 2.14 bits per heavy atom. The average molecular weight is 307 g/mol. The van der Waals surface area contributed by atoms with Gasteiger partial charge in [0.1, 0.15) is 5.82 Å². The standard InChI is InChI=1S/C16H22FN3O2/c1-16(2,3)20-10-11(5-14(20)21)9-19(4)15(22)12-6-13(17)8-18-7-12/h6-8,11H,5,9-10H2,1-4H3. The van der Waals surface area contributed by atoms with Gasteiger partial charge in [-0.3, -0.25) is 14.6 Å². The number of halogens is 1. The molecule has 22 heavy (non-hydrogen) atoms. The van der Waals surface area contributed by atoms with Crippen LogP contribution in [-0.2, 0) is 4.79 Å². The second-order valence-electron chi connectivity index (χ2n) is 6.82. The summed E-state index contributed by atoms with van der Waals surface area (Å²) >= 11 is 0. The average Bonchev–Trinajstić information content (AvgIpc) is 2.78. The van der Waals surface area contributed by atoms with Gasteiger partial charge in [0.15, 0.2) is 0 Å². The zero-order valence-corrected chi connectivity index (χ0v) is 13.5. The van der Waals surface area contributed by atoms with Crippen molar-refractivity contribution >= 4 is 11.8 Å². The van der Waals surface area contributed by atoms with Crippen LogP contribution in [0.2, 0.25) is 0 Å². The van der Waals surface area contributed by atoms with Crippen LogP contribution in [0.15, 0.2) is 18.5 Å². The Morgan fingerprint density at radius 1 is 1.45 bits per heavy atom. The zero-order valence-electron chi connectivity index (χ0n) is 13.5. The molecule has 0 aliphatic carbocycles. The van der Waals surface area contributed by atoms with E-state index in [0.29, 0.717) is 19.5 Å². The quantitative estimate of drug-likeness (QED) is 0.857. The van der Waals surface area contributed by atoms with Crippen molar-refractivity contribution in [3.63, 3.8) is 0 Å². The van der Waals surface area contributed by atoms with E-state index in [4.69, 9.17) is 0 Å². The number of carbonyl (C=O) groups is 2. The van der Waals surface area contributed by atoms with Gasteiger partial charge >= 0.3 is 0 Å². The summed E-state index contributed by atoms with van der Waals surface area (Å²) in [5, 5.41) is 0. The number of hydrogen-bond acceptors (Lipinski definition) is 3. The number of hydrogen-bond donors (Lipinski definition) is 0. The lowest BCUT2D eigenvalue weighted by Gasteiger charge is -2.32. The van der Waals surface area contributed by atoms with Crippen LogP contribution in [0, 0.1) is 11.7 Å². The van der Waals surface area contributed by atoms with Crippen LogP contribution in [0.25, 0.3) is 0 Å². The minimum Gasteiger partial charge on any atom is -0.341 e. The molecular weight excluding hydrogens is 285 g/mol. The Bertz CT molecular complexity index is 583. The van der Waals surface area contributed by atoms with Crippen molar-refractivity contribution in [2.45, 2.75) is 32.7 Å². The fourth-order valence-corrected chi connectivity index (χ4v) is 2.77. The van der Waals surface area contributed by atoms with E-state index in [1.54, 1.807) is 7.05 Å². The maximum atomic E-state index is 13.1. The molecule has 2 rings (SSSR count). The number of aromatic nitrogens is 1. The highest BCUT2D eigenvalue weighted by Gasteiger charge is 2.36. The number of amides is 2. The molecule has 1 unspecified atom stereocenters. The van der Waals surface area contributed by atoms with Crippen LogP contribution >= 0.6 is 0 Å². The summed E-state index contributed by atoms with van der Waals surface area (Å²) in [6, 6.07) is 1.17. The van der Waals surface area contributed by atoms with Crippen molar-refractivity contribution in [2.24, 2.45) is 5.92 Å².